The first-order chi connectivity index (χ1) is 9.98. The molecule has 0 saturated heterocycles. The van der Waals surface area contributed by atoms with Gasteiger partial charge in [0.15, 0.2) is 0 Å². The molecule has 0 aromatic carbocycles. The van der Waals surface area contributed by atoms with Crippen LogP contribution in [0, 0.1) is 0 Å². The van der Waals surface area contributed by atoms with Crippen molar-refractivity contribution < 1.29 is 19.0 Å². The van der Waals surface area contributed by atoms with Crippen LogP contribution in [0.2, 0.25) is 0 Å². The van der Waals surface area contributed by atoms with Crippen molar-refractivity contribution in [3.8, 4) is 0 Å². The Hall–Kier alpha value is -0.650. The molecule has 0 aromatic heterocycles. The van der Waals surface area contributed by atoms with Crippen molar-refractivity contribution in [1.82, 2.24) is 5.32 Å². The van der Waals surface area contributed by atoms with Gasteiger partial charge in [-0.3, -0.25) is 10.1 Å². The molecule has 1 aliphatic carbocycles. The fourth-order valence-electron chi connectivity index (χ4n) is 2.26. The number of carbonyl (C=O) groups is 1. The minimum atomic E-state index is -0.559. The third-order valence-corrected chi connectivity index (χ3v) is 3.63. The number of rotatable bonds is 12. The van der Waals surface area contributed by atoms with Gasteiger partial charge in [0, 0.05) is 12.6 Å². The molecule has 0 radical (unpaired) electrons. The quantitative estimate of drug-likeness (QED) is 0.443. The minimum Gasteiger partial charge on any atom is -0.468 e. The average Bonchev–Trinajstić information content (AvgIpc) is 3.24. The van der Waals surface area contributed by atoms with Crippen molar-refractivity contribution in [2.24, 2.45) is 0 Å². The van der Waals surface area contributed by atoms with Crippen LogP contribution in [0.15, 0.2) is 0 Å². The van der Waals surface area contributed by atoms with E-state index in [0.717, 1.165) is 32.1 Å². The Balaban J connectivity index is 2.11. The Kier molecular flexibility index (Phi) is 8.22. The molecule has 0 amide bonds. The molecule has 0 spiro atoms. The summed E-state index contributed by atoms with van der Waals surface area (Å²) in [6.07, 6.45) is 5.23. The van der Waals surface area contributed by atoms with Gasteiger partial charge in [0.05, 0.1) is 26.4 Å². The van der Waals surface area contributed by atoms with E-state index >= 15 is 0 Å². The van der Waals surface area contributed by atoms with E-state index in [4.69, 9.17) is 14.2 Å². The van der Waals surface area contributed by atoms with Gasteiger partial charge in [0.1, 0.15) is 5.54 Å². The largest absolute Gasteiger partial charge is 0.468 e. The lowest BCUT2D eigenvalue weighted by atomic mass is 9.94. The molecule has 1 atom stereocenters. The molecule has 124 valence electrons. The SMILES string of the molecule is COC(=O)C(C)(CCCCOCCOC(C)C)NC1CC1. The van der Waals surface area contributed by atoms with E-state index in [-0.39, 0.29) is 12.1 Å². The first kappa shape index (κ1) is 18.4. The Morgan fingerprint density at radius 1 is 1.24 bits per heavy atom. The summed E-state index contributed by atoms with van der Waals surface area (Å²) in [4.78, 5) is 11.9. The van der Waals surface area contributed by atoms with Crippen LogP contribution in [0.1, 0.15) is 52.9 Å². The van der Waals surface area contributed by atoms with E-state index in [0.29, 0.717) is 25.9 Å². The smallest absolute Gasteiger partial charge is 0.325 e. The van der Waals surface area contributed by atoms with Crippen molar-refractivity contribution in [2.75, 3.05) is 26.9 Å². The molecule has 0 bridgehead atoms. The lowest BCUT2D eigenvalue weighted by molar-refractivity contribution is -0.148. The van der Waals surface area contributed by atoms with E-state index in [1.807, 2.05) is 20.8 Å². The van der Waals surface area contributed by atoms with Gasteiger partial charge in [-0.1, -0.05) is 0 Å². The predicted octanol–water partition coefficient (Wildman–Crippen LogP) is 2.28. The van der Waals surface area contributed by atoms with Gasteiger partial charge in [-0.25, -0.2) is 0 Å². The van der Waals surface area contributed by atoms with E-state index in [1.165, 1.54) is 7.11 Å². The molecule has 21 heavy (non-hydrogen) atoms. The first-order valence-corrected chi connectivity index (χ1v) is 8.03. The van der Waals surface area contributed by atoms with Crippen molar-refractivity contribution in [3.63, 3.8) is 0 Å². The van der Waals surface area contributed by atoms with Crippen molar-refractivity contribution in [3.05, 3.63) is 0 Å². The van der Waals surface area contributed by atoms with Gasteiger partial charge in [-0.05, 0) is 52.9 Å². The number of ether oxygens (including phenoxy) is 3. The number of hydrogen-bond acceptors (Lipinski definition) is 5. The first-order valence-electron chi connectivity index (χ1n) is 8.03. The summed E-state index contributed by atoms with van der Waals surface area (Å²) in [7, 11) is 1.45. The van der Waals surface area contributed by atoms with Crippen molar-refractivity contribution in [1.29, 1.82) is 0 Å². The van der Waals surface area contributed by atoms with Crippen LogP contribution < -0.4 is 5.32 Å². The van der Waals surface area contributed by atoms with E-state index < -0.39 is 5.54 Å². The molecule has 1 saturated carbocycles. The van der Waals surface area contributed by atoms with E-state index in [2.05, 4.69) is 5.32 Å². The van der Waals surface area contributed by atoms with Gasteiger partial charge in [-0.15, -0.1) is 0 Å². The summed E-state index contributed by atoms with van der Waals surface area (Å²) in [5.41, 5.74) is -0.559. The van der Waals surface area contributed by atoms with Crippen LogP contribution in [-0.4, -0.2) is 50.6 Å². The predicted molar refractivity (Wildman–Crippen MR) is 82.3 cm³/mol. The summed E-state index contributed by atoms with van der Waals surface area (Å²) in [5.74, 6) is -0.166. The van der Waals surface area contributed by atoms with E-state index in [1.54, 1.807) is 0 Å². The number of hydrogen-bond donors (Lipinski definition) is 1. The Bertz CT molecular complexity index is 305. The Morgan fingerprint density at radius 2 is 1.95 bits per heavy atom. The van der Waals surface area contributed by atoms with Crippen LogP contribution in [-0.2, 0) is 19.0 Å². The fourth-order valence-corrected chi connectivity index (χ4v) is 2.26. The Labute approximate surface area is 128 Å². The van der Waals surface area contributed by atoms with Crippen LogP contribution >= 0.6 is 0 Å². The third kappa shape index (κ3) is 7.79. The van der Waals surface area contributed by atoms with Crippen LogP contribution in [0.25, 0.3) is 0 Å². The maximum Gasteiger partial charge on any atom is 0.325 e. The van der Waals surface area contributed by atoms with Gasteiger partial charge in [0.2, 0.25) is 0 Å². The second-order valence-corrected chi connectivity index (χ2v) is 6.23. The molecule has 1 fully saturated rings. The zero-order valence-electron chi connectivity index (χ0n) is 13.9. The number of carbonyl (C=O) groups excluding carboxylic acids is 1. The minimum absolute atomic E-state index is 0.166. The number of nitrogens with one attached hydrogen (secondary N) is 1. The molecule has 1 N–H and O–H groups in total. The number of methoxy groups -OCH3 is 1. The van der Waals surface area contributed by atoms with Gasteiger partial charge < -0.3 is 14.2 Å². The zero-order chi connectivity index (χ0) is 15.7. The molecule has 0 heterocycles. The molecule has 1 rings (SSSR count). The highest BCUT2D eigenvalue weighted by molar-refractivity contribution is 5.80. The average molecular weight is 301 g/mol. The van der Waals surface area contributed by atoms with Crippen molar-refractivity contribution >= 4 is 5.97 Å². The van der Waals surface area contributed by atoms with Crippen LogP contribution in [0.5, 0.6) is 0 Å². The van der Waals surface area contributed by atoms with E-state index in [9.17, 15) is 4.79 Å². The molecular formula is C16H31NO4. The molecule has 1 unspecified atom stereocenters. The maximum absolute atomic E-state index is 11.9. The molecule has 1 aliphatic rings. The lowest BCUT2D eigenvalue weighted by Gasteiger charge is -2.28. The zero-order valence-corrected chi connectivity index (χ0v) is 13.9. The summed E-state index contributed by atoms with van der Waals surface area (Å²) in [6, 6.07) is 0.485. The fraction of sp³-hybridized carbons (Fsp3) is 0.938. The second-order valence-electron chi connectivity index (χ2n) is 6.23. The second kappa shape index (κ2) is 9.38. The van der Waals surface area contributed by atoms with Crippen LogP contribution in [0.4, 0.5) is 0 Å². The highest BCUT2D eigenvalue weighted by atomic mass is 16.5. The van der Waals surface area contributed by atoms with Gasteiger partial charge in [-0.2, -0.15) is 0 Å². The lowest BCUT2D eigenvalue weighted by Crippen LogP contribution is -2.51. The summed E-state index contributed by atoms with van der Waals surface area (Å²) < 4.78 is 15.8. The summed E-state index contributed by atoms with van der Waals surface area (Å²) in [5, 5.41) is 3.41. The standard InChI is InChI=1S/C16H31NO4/c1-13(2)21-12-11-20-10-6-5-9-16(3,15(18)19-4)17-14-7-8-14/h13-14,17H,5-12H2,1-4H3. The van der Waals surface area contributed by atoms with Gasteiger partial charge >= 0.3 is 5.97 Å². The highest BCUT2D eigenvalue weighted by Gasteiger charge is 2.38. The van der Waals surface area contributed by atoms with Crippen molar-refractivity contribution in [2.45, 2.75) is 70.6 Å². The third-order valence-electron chi connectivity index (χ3n) is 3.63. The normalized spacial score (nSPS) is 17.8. The molecule has 5 heteroatoms. The Morgan fingerprint density at radius 3 is 2.52 bits per heavy atom. The topological polar surface area (TPSA) is 56.8 Å². The number of unbranched alkanes of at least 4 members (excludes halogenated alkanes) is 1. The monoisotopic (exact) mass is 301 g/mol. The molecule has 0 aliphatic heterocycles. The highest BCUT2D eigenvalue weighted by Crippen LogP contribution is 2.26. The van der Waals surface area contributed by atoms with Gasteiger partial charge in [0.25, 0.3) is 0 Å². The maximum atomic E-state index is 11.9. The van der Waals surface area contributed by atoms with Crippen LogP contribution in [0.3, 0.4) is 0 Å². The summed E-state index contributed by atoms with van der Waals surface area (Å²) >= 11 is 0. The molecule has 5 nitrogen and oxygen atoms in total. The summed E-state index contributed by atoms with van der Waals surface area (Å²) in [6.45, 7) is 7.95. The molecular weight excluding hydrogens is 270 g/mol. The molecule has 0 aromatic rings. The number of esters is 1.